The Kier molecular flexibility index (Phi) is 9.52. The van der Waals surface area contributed by atoms with Crippen molar-refractivity contribution in [3.63, 3.8) is 0 Å². The Morgan fingerprint density at radius 3 is 2.38 bits per heavy atom. The maximum absolute atomic E-state index is 13.0. The van der Waals surface area contributed by atoms with Crippen LogP contribution in [0, 0.1) is 11.8 Å². The molecular formula is C25H32ClN5O5S. The summed E-state index contributed by atoms with van der Waals surface area (Å²) in [5.41, 5.74) is 7.01. The van der Waals surface area contributed by atoms with Crippen molar-refractivity contribution in [1.82, 2.24) is 14.7 Å². The molecule has 37 heavy (non-hydrogen) atoms. The molecule has 4 rings (SSSR count). The summed E-state index contributed by atoms with van der Waals surface area (Å²) < 4.78 is 38.6. The van der Waals surface area contributed by atoms with Gasteiger partial charge in [0.1, 0.15) is 16.5 Å². The van der Waals surface area contributed by atoms with E-state index in [1.54, 1.807) is 0 Å². The molecule has 200 valence electrons. The number of aromatic nitrogens is 2. The number of hydrogen-bond donors (Lipinski definition) is 3. The lowest BCUT2D eigenvalue weighted by atomic mass is 9.82. The summed E-state index contributed by atoms with van der Waals surface area (Å²) in [7, 11) is -1.24. The summed E-state index contributed by atoms with van der Waals surface area (Å²) in [6, 6.07) is 11.8. The second-order valence-corrected chi connectivity index (χ2v) is 10.7. The van der Waals surface area contributed by atoms with Gasteiger partial charge in [-0.05, 0) is 67.9 Å². The van der Waals surface area contributed by atoms with Crippen molar-refractivity contribution < 1.29 is 22.7 Å². The minimum atomic E-state index is -3.87. The summed E-state index contributed by atoms with van der Waals surface area (Å²) in [4.78, 5) is 20.7. The molecule has 0 aliphatic heterocycles. The maximum Gasteiger partial charge on any atom is 0.337 e. The minimum Gasteiger partial charge on any atom is -0.495 e. The Balaban J connectivity index is 0.00000380. The van der Waals surface area contributed by atoms with Gasteiger partial charge in [0.05, 0.1) is 25.3 Å². The molecule has 4 N–H and O–H groups in total. The molecule has 0 amide bonds. The van der Waals surface area contributed by atoms with E-state index in [0.717, 1.165) is 43.1 Å². The number of carbonyl (C=O) groups excluding carboxylic acids is 1. The highest BCUT2D eigenvalue weighted by Gasteiger charge is 2.26. The van der Waals surface area contributed by atoms with E-state index in [2.05, 4.69) is 20.0 Å². The Bertz CT molecular complexity index is 1350. The Morgan fingerprint density at radius 2 is 1.70 bits per heavy atom. The molecule has 1 heterocycles. The van der Waals surface area contributed by atoms with Gasteiger partial charge in [-0.1, -0.05) is 12.1 Å². The van der Waals surface area contributed by atoms with Gasteiger partial charge in [-0.15, -0.1) is 12.4 Å². The van der Waals surface area contributed by atoms with E-state index >= 15 is 0 Å². The third kappa shape index (κ3) is 6.79. The lowest BCUT2D eigenvalue weighted by Crippen LogP contribution is -2.32. The number of rotatable bonds is 9. The van der Waals surface area contributed by atoms with Crippen molar-refractivity contribution in [2.75, 3.05) is 38.4 Å². The van der Waals surface area contributed by atoms with Crippen LogP contribution in [0.4, 0.5) is 11.8 Å². The van der Waals surface area contributed by atoms with E-state index in [9.17, 15) is 13.2 Å². The first kappa shape index (κ1) is 28.4. The van der Waals surface area contributed by atoms with E-state index < -0.39 is 16.0 Å². The number of anilines is 2. The van der Waals surface area contributed by atoms with Crippen LogP contribution < -0.4 is 20.5 Å². The number of benzene rings is 2. The van der Waals surface area contributed by atoms with Crippen molar-refractivity contribution in [3.8, 4) is 5.75 Å². The molecule has 0 saturated heterocycles. The number of nitrogen functional groups attached to an aromatic ring is 1. The van der Waals surface area contributed by atoms with E-state index in [4.69, 9.17) is 15.2 Å². The molecule has 1 aliphatic rings. The highest BCUT2D eigenvalue weighted by molar-refractivity contribution is 7.89. The fourth-order valence-corrected chi connectivity index (χ4v) is 5.80. The summed E-state index contributed by atoms with van der Waals surface area (Å²) >= 11 is 0. The first-order valence-corrected chi connectivity index (χ1v) is 13.3. The van der Waals surface area contributed by atoms with E-state index in [-0.39, 0.29) is 34.5 Å². The van der Waals surface area contributed by atoms with Gasteiger partial charge in [-0.3, -0.25) is 0 Å². The molecule has 12 heteroatoms. The van der Waals surface area contributed by atoms with Crippen LogP contribution in [0.25, 0.3) is 10.9 Å². The topological polar surface area (TPSA) is 146 Å². The number of ether oxygens (including phenoxy) is 2. The number of hydrogen-bond acceptors (Lipinski definition) is 9. The smallest absolute Gasteiger partial charge is 0.337 e. The van der Waals surface area contributed by atoms with E-state index in [1.165, 1.54) is 32.4 Å². The molecule has 1 aliphatic carbocycles. The van der Waals surface area contributed by atoms with Crippen molar-refractivity contribution >= 4 is 51.1 Å². The number of sulfonamides is 1. The molecule has 1 aromatic heterocycles. The predicted molar refractivity (Wildman–Crippen MR) is 145 cm³/mol. The molecule has 10 nitrogen and oxygen atoms in total. The largest absolute Gasteiger partial charge is 0.495 e. The Hall–Kier alpha value is -3.15. The summed E-state index contributed by atoms with van der Waals surface area (Å²) in [5, 5.41) is 4.14. The van der Waals surface area contributed by atoms with Crippen LogP contribution in [0.5, 0.6) is 5.75 Å². The summed E-state index contributed by atoms with van der Waals surface area (Å²) in [5.74, 6) is 1.18. The molecule has 0 spiro atoms. The van der Waals surface area contributed by atoms with Crippen LogP contribution in [0.3, 0.4) is 0 Å². The molecule has 2 aromatic carbocycles. The first-order chi connectivity index (χ1) is 17.3. The lowest BCUT2D eigenvalue weighted by molar-refractivity contribution is 0.0600. The van der Waals surface area contributed by atoms with Gasteiger partial charge in [-0.2, -0.15) is 4.98 Å². The molecular weight excluding hydrogens is 518 g/mol. The van der Waals surface area contributed by atoms with Gasteiger partial charge in [0.25, 0.3) is 0 Å². The number of carbonyl (C=O) groups is 1. The van der Waals surface area contributed by atoms with E-state index in [0.29, 0.717) is 24.2 Å². The van der Waals surface area contributed by atoms with Crippen molar-refractivity contribution in [3.05, 3.63) is 48.0 Å². The fourth-order valence-electron chi connectivity index (χ4n) is 4.49. The lowest BCUT2D eigenvalue weighted by Gasteiger charge is -2.28. The van der Waals surface area contributed by atoms with Gasteiger partial charge in [0.2, 0.25) is 16.0 Å². The Labute approximate surface area is 222 Å². The molecule has 0 radical (unpaired) electrons. The van der Waals surface area contributed by atoms with Crippen LogP contribution in [0.1, 0.15) is 36.0 Å². The second-order valence-electron chi connectivity index (χ2n) is 8.93. The average Bonchev–Trinajstić information content (AvgIpc) is 2.90. The average molecular weight is 550 g/mol. The van der Waals surface area contributed by atoms with Crippen LogP contribution in [-0.4, -0.2) is 51.7 Å². The number of nitrogens with one attached hydrogen (secondary N) is 2. The molecule has 1 saturated carbocycles. The highest BCUT2D eigenvalue weighted by Crippen LogP contribution is 2.30. The van der Waals surface area contributed by atoms with Gasteiger partial charge in [0, 0.05) is 18.5 Å². The zero-order valence-electron chi connectivity index (χ0n) is 20.8. The minimum absolute atomic E-state index is 0. The molecule has 3 aromatic rings. The monoisotopic (exact) mass is 549 g/mol. The number of methoxy groups -OCH3 is 2. The standard InChI is InChI=1S/C25H31N5O5S.ClH/c1-34-21-12-11-18(24(31)35-2)13-22(21)36(32,33)28-15-17-9-7-16(8-10-17)14-27-25-29-20-6-4-3-5-19(20)23(26)30-25;/h3-6,11-13,16-17,28H,7-10,14-15H2,1-2H3,(H3,26,27,29,30);1H. The maximum atomic E-state index is 13.0. The van der Waals surface area contributed by atoms with Gasteiger partial charge >= 0.3 is 5.97 Å². The van der Waals surface area contributed by atoms with Gasteiger partial charge in [0.15, 0.2) is 0 Å². The van der Waals surface area contributed by atoms with Crippen LogP contribution in [-0.2, 0) is 14.8 Å². The van der Waals surface area contributed by atoms with Crippen LogP contribution in [0.15, 0.2) is 47.4 Å². The number of esters is 1. The third-order valence-corrected chi connectivity index (χ3v) is 8.03. The molecule has 1 fully saturated rings. The normalized spacial score (nSPS) is 17.6. The van der Waals surface area contributed by atoms with Crippen molar-refractivity contribution in [2.24, 2.45) is 11.8 Å². The summed E-state index contributed by atoms with van der Waals surface area (Å²) in [6.45, 7) is 1.05. The molecule has 0 atom stereocenters. The fraction of sp³-hybridized carbons (Fsp3) is 0.400. The molecule has 0 unspecified atom stereocenters. The third-order valence-electron chi connectivity index (χ3n) is 6.58. The highest BCUT2D eigenvalue weighted by atomic mass is 35.5. The molecule has 0 bridgehead atoms. The van der Waals surface area contributed by atoms with Crippen LogP contribution >= 0.6 is 12.4 Å². The number of halogens is 1. The number of fused-ring (bicyclic) bond motifs is 1. The number of nitrogens with two attached hydrogens (primary N) is 1. The first-order valence-electron chi connectivity index (χ1n) is 11.8. The van der Waals surface area contributed by atoms with Crippen LogP contribution in [0.2, 0.25) is 0 Å². The van der Waals surface area contributed by atoms with E-state index in [1.807, 2.05) is 24.3 Å². The quantitative estimate of drug-likeness (QED) is 0.340. The van der Waals surface area contributed by atoms with Crippen molar-refractivity contribution in [2.45, 2.75) is 30.6 Å². The van der Waals surface area contributed by atoms with Gasteiger partial charge < -0.3 is 20.5 Å². The number of nitrogens with zero attached hydrogens (tertiary/aromatic N) is 2. The number of para-hydroxylation sites is 1. The zero-order chi connectivity index (χ0) is 25.7. The summed E-state index contributed by atoms with van der Waals surface area (Å²) in [6.07, 6.45) is 3.72. The Morgan fingerprint density at radius 1 is 1.03 bits per heavy atom. The SMILES string of the molecule is COC(=O)c1ccc(OC)c(S(=O)(=O)NCC2CCC(CNc3nc(N)c4ccccc4n3)CC2)c1.Cl. The van der Waals surface area contributed by atoms with Crippen molar-refractivity contribution in [1.29, 1.82) is 0 Å². The predicted octanol–water partition coefficient (Wildman–Crippen LogP) is 3.63. The second kappa shape index (κ2) is 12.4. The van der Waals surface area contributed by atoms with Gasteiger partial charge in [-0.25, -0.2) is 22.9 Å². The zero-order valence-corrected chi connectivity index (χ0v) is 22.4.